The van der Waals surface area contributed by atoms with E-state index in [-0.39, 0.29) is 6.61 Å². The molecule has 1 fully saturated rings. The molecule has 2 rings (SSSR count). The van der Waals surface area contributed by atoms with Crippen molar-refractivity contribution in [1.82, 2.24) is 15.1 Å². The van der Waals surface area contributed by atoms with E-state index in [1.165, 1.54) is 6.42 Å². The average Bonchev–Trinajstić information content (AvgIpc) is 2.31. The Hall–Kier alpha value is -0.910. The molecular formula is C11H17ClN4O. The summed E-state index contributed by atoms with van der Waals surface area (Å²) in [5.41, 5.74) is 0.693. The van der Waals surface area contributed by atoms with Crippen molar-refractivity contribution in [2.45, 2.75) is 25.5 Å². The summed E-state index contributed by atoms with van der Waals surface area (Å²) in [6.45, 7) is 2.03. The summed E-state index contributed by atoms with van der Waals surface area (Å²) >= 11 is 5.74. The molecule has 94 valence electrons. The summed E-state index contributed by atoms with van der Waals surface area (Å²) in [7, 11) is 2.11. The molecule has 2 N–H and O–H groups in total. The first-order valence-electron chi connectivity index (χ1n) is 5.77. The van der Waals surface area contributed by atoms with Crippen molar-refractivity contribution in [3.8, 4) is 0 Å². The first-order valence-corrected chi connectivity index (χ1v) is 6.15. The number of halogens is 1. The van der Waals surface area contributed by atoms with Gasteiger partial charge in [0.15, 0.2) is 11.0 Å². The summed E-state index contributed by atoms with van der Waals surface area (Å²) in [4.78, 5) is 2.28. The van der Waals surface area contributed by atoms with Gasteiger partial charge in [-0.2, -0.15) is 0 Å². The second kappa shape index (κ2) is 5.62. The summed E-state index contributed by atoms with van der Waals surface area (Å²) < 4.78 is 0. The maximum atomic E-state index is 9.25. The largest absolute Gasteiger partial charge is 0.392 e. The van der Waals surface area contributed by atoms with Gasteiger partial charge in [0.05, 0.1) is 6.61 Å². The molecule has 1 unspecified atom stereocenters. The van der Waals surface area contributed by atoms with Crippen LogP contribution in [-0.2, 0) is 6.61 Å². The number of piperidine rings is 1. The molecule has 6 heteroatoms. The molecule has 1 saturated heterocycles. The number of anilines is 1. The second-order valence-corrected chi connectivity index (χ2v) is 4.83. The molecule has 1 aliphatic heterocycles. The molecule has 1 aromatic heterocycles. The van der Waals surface area contributed by atoms with Crippen molar-refractivity contribution < 1.29 is 5.11 Å². The molecule has 0 aliphatic carbocycles. The minimum absolute atomic E-state index is 0.0832. The van der Waals surface area contributed by atoms with Gasteiger partial charge < -0.3 is 15.3 Å². The van der Waals surface area contributed by atoms with Gasteiger partial charge in [-0.05, 0) is 32.5 Å². The fraction of sp³-hybridized carbons (Fsp3) is 0.636. The van der Waals surface area contributed by atoms with E-state index in [0.29, 0.717) is 22.6 Å². The van der Waals surface area contributed by atoms with Crippen molar-refractivity contribution in [3.05, 3.63) is 16.8 Å². The smallest absolute Gasteiger partial charge is 0.154 e. The fourth-order valence-corrected chi connectivity index (χ4v) is 2.29. The first kappa shape index (κ1) is 12.5. The zero-order chi connectivity index (χ0) is 12.3. The Balaban J connectivity index is 2.07. The Bertz CT molecular complexity index is 388. The van der Waals surface area contributed by atoms with E-state index >= 15 is 0 Å². The molecule has 17 heavy (non-hydrogen) atoms. The monoisotopic (exact) mass is 256 g/mol. The highest BCUT2D eigenvalue weighted by molar-refractivity contribution is 6.29. The van der Waals surface area contributed by atoms with Crippen LogP contribution in [0.25, 0.3) is 0 Å². The molecule has 0 spiro atoms. The molecule has 0 saturated carbocycles. The standard InChI is InChI=1S/C11H17ClN4O/c1-16-4-2-3-9(6-16)13-11-8(7-17)5-10(12)14-15-11/h5,9,17H,2-4,6-7H2,1H3,(H,13,15). The number of likely N-dealkylation sites (tertiary alicyclic amines) is 1. The summed E-state index contributed by atoms with van der Waals surface area (Å²) in [5, 5.41) is 20.7. The molecular weight excluding hydrogens is 240 g/mol. The molecule has 5 nitrogen and oxygen atoms in total. The number of likely N-dealkylation sites (N-methyl/N-ethyl adjacent to an activating group) is 1. The van der Waals surface area contributed by atoms with Crippen LogP contribution in [0.5, 0.6) is 0 Å². The third-order valence-corrected chi connectivity index (χ3v) is 3.16. The van der Waals surface area contributed by atoms with Crippen molar-refractivity contribution in [2.24, 2.45) is 0 Å². The van der Waals surface area contributed by atoms with Crippen LogP contribution in [0.4, 0.5) is 5.82 Å². The number of hydrogen-bond acceptors (Lipinski definition) is 5. The topological polar surface area (TPSA) is 61.3 Å². The molecule has 2 heterocycles. The molecule has 0 aromatic carbocycles. The van der Waals surface area contributed by atoms with Crippen LogP contribution in [0.15, 0.2) is 6.07 Å². The minimum Gasteiger partial charge on any atom is -0.392 e. The Labute approximate surface area is 106 Å². The number of aromatic nitrogens is 2. The Kier molecular flexibility index (Phi) is 4.15. The lowest BCUT2D eigenvalue weighted by Gasteiger charge is -2.30. The van der Waals surface area contributed by atoms with Gasteiger partial charge in [-0.1, -0.05) is 11.6 Å². The maximum Gasteiger partial charge on any atom is 0.154 e. The van der Waals surface area contributed by atoms with E-state index in [2.05, 4.69) is 27.5 Å². The van der Waals surface area contributed by atoms with Gasteiger partial charge in [-0.25, -0.2) is 0 Å². The maximum absolute atomic E-state index is 9.25. The van der Waals surface area contributed by atoms with E-state index < -0.39 is 0 Å². The highest BCUT2D eigenvalue weighted by atomic mass is 35.5. The molecule has 1 atom stereocenters. The van der Waals surface area contributed by atoms with E-state index in [1.54, 1.807) is 6.07 Å². The van der Waals surface area contributed by atoms with Crippen molar-refractivity contribution >= 4 is 17.4 Å². The molecule has 0 bridgehead atoms. The predicted octanol–water partition coefficient (Wildman–Crippen LogP) is 1.13. The van der Waals surface area contributed by atoms with Crippen LogP contribution in [0, 0.1) is 0 Å². The van der Waals surface area contributed by atoms with Crippen LogP contribution in [0.3, 0.4) is 0 Å². The number of aliphatic hydroxyl groups is 1. The number of nitrogens with zero attached hydrogens (tertiary/aromatic N) is 3. The normalized spacial score (nSPS) is 21.5. The van der Waals surface area contributed by atoms with Gasteiger partial charge in [0.1, 0.15) is 0 Å². The van der Waals surface area contributed by atoms with E-state index in [0.717, 1.165) is 19.5 Å². The van der Waals surface area contributed by atoms with Crippen molar-refractivity contribution in [1.29, 1.82) is 0 Å². The van der Waals surface area contributed by atoms with Crippen LogP contribution in [0.1, 0.15) is 18.4 Å². The molecule has 1 aromatic rings. The minimum atomic E-state index is -0.0832. The van der Waals surface area contributed by atoms with Gasteiger partial charge in [-0.3, -0.25) is 0 Å². The lowest BCUT2D eigenvalue weighted by molar-refractivity contribution is 0.259. The van der Waals surface area contributed by atoms with Crippen LogP contribution < -0.4 is 5.32 Å². The predicted molar refractivity (Wildman–Crippen MR) is 67.1 cm³/mol. The highest BCUT2D eigenvalue weighted by Crippen LogP contribution is 2.18. The summed E-state index contributed by atoms with van der Waals surface area (Å²) in [6, 6.07) is 2.00. The van der Waals surface area contributed by atoms with E-state index in [9.17, 15) is 5.11 Å². The van der Waals surface area contributed by atoms with Crippen LogP contribution in [0.2, 0.25) is 5.15 Å². The molecule has 0 amide bonds. The number of hydrogen-bond donors (Lipinski definition) is 2. The summed E-state index contributed by atoms with van der Waals surface area (Å²) in [6.07, 6.45) is 2.28. The average molecular weight is 257 g/mol. The van der Waals surface area contributed by atoms with E-state index in [1.807, 2.05) is 0 Å². The SMILES string of the molecule is CN1CCCC(Nc2nnc(Cl)cc2CO)C1. The second-order valence-electron chi connectivity index (χ2n) is 4.44. The lowest BCUT2D eigenvalue weighted by atomic mass is 10.1. The Morgan fingerprint density at radius 1 is 1.59 bits per heavy atom. The zero-order valence-corrected chi connectivity index (χ0v) is 10.6. The first-order chi connectivity index (χ1) is 8.19. The summed E-state index contributed by atoms with van der Waals surface area (Å²) in [5.74, 6) is 0.636. The Morgan fingerprint density at radius 2 is 2.41 bits per heavy atom. The highest BCUT2D eigenvalue weighted by Gasteiger charge is 2.18. The third kappa shape index (κ3) is 3.28. The third-order valence-electron chi connectivity index (χ3n) is 2.98. The van der Waals surface area contributed by atoms with Crippen LogP contribution >= 0.6 is 11.6 Å². The van der Waals surface area contributed by atoms with Gasteiger partial charge >= 0.3 is 0 Å². The van der Waals surface area contributed by atoms with Gasteiger partial charge in [0.25, 0.3) is 0 Å². The quantitative estimate of drug-likeness (QED) is 0.849. The van der Waals surface area contributed by atoms with Crippen molar-refractivity contribution in [2.75, 3.05) is 25.5 Å². The van der Waals surface area contributed by atoms with E-state index in [4.69, 9.17) is 11.6 Å². The fourth-order valence-electron chi connectivity index (χ4n) is 2.12. The van der Waals surface area contributed by atoms with Crippen LogP contribution in [-0.4, -0.2) is 46.4 Å². The number of rotatable bonds is 3. The lowest BCUT2D eigenvalue weighted by Crippen LogP contribution is -2.40. The number of nitrogens with one attached hydrogen (secondary N) is 1. The Morgan fingerprint density at radius 3 is 3.12 bits per heavy atom. The number of aliphatic hydroxyl groups excluding tert-OH is 1. The molecule has 1 aliphatic rings. The van der Waals surface area contributed by atoms with Crippen molar-refractivity contribution in [3.63, 3.8) is 0 Å². The van der Waals surface area contributed by atoms with Gasteiger partial charge in [-0.15, -0.1) is 10.2 Å². The van der Waals surface area contributed by atoms with Gasteiger partial charge in [0, 0.05) is 18.2 Å². The zero-order valence-electron chi connectivity index (χ0n) is 9.86. The van der Waals surface area contributed by atoms with Gasteiger partial charge in [0.2, 0.25) is 0 Å². The molecule has 0 radical (unpaired) electrons.